The summed E-state index contributed by atoms with van der Waals surface area (Å²) in [6, 6.07) is 14.1. The Balaban J connectivity index is 1.81. The summed E-state index contributed by atoms with van der Waals surface area (Å²) in [5.74, 6) is 0.478. The fourth-order valence-electron chi connectivity index (χ4n) is 2.29. The van der Waals surface area contributed by atoms with E-state index >= 15 is 0 Å². The lowest BCUT2D eigenvalue weighted by molar-refractivity contribution is 0.429. The summed E-state index contributed by atoms with van der Waals surface area (Å²) in [6.45, 7) is 0. The van der Waals surface area contributed by atoms with Gasteiger partial charge in [-0.2, -0.15) is 4.98 Å². The third-order valence-electron chi connectivity index (χ3n) is 3.45. The molecule has 4 rings (SSSR count). The second-order valence-electron chi connectivity index (χ2n) is 5.06. The molecule has 7 heteroatoms. The van der Waals surface area contributed by atoms with Crippen molar-refractivity contribution in [3.63, 3.8) is 0 Å². The van der Waals surface area contributed by atoms with Crippen LogP contribution in [0.1, 0.15) is 0 Å². The van der Waals surface area contributed by atoms with Crippen LogP contribution in [0.2, 0.25) is 5.02 Å². The Kier molecular flexibility index (Phi) is 3.70. The molecule has 0 aliphatic carbocycles. The predicted molar refractivity (Wildman–Crippen MR) is 93.9 cm³/mol. The highest BCUT2D eigenvalue weighted by atomic mass is 79.9. The summed E-state index contributed by atoms with van der Waals surface area (Å²) in [5, 5.41) is 5.28. The van der Waals surface area contributed by atoms with Gasteiger partial charge in [-0.15, -0.1) is 0 Å². The molecule has 5 nitrogen and oxygen atoms in total. The highest BCUT2D eigenvalue weighted by Crippen LogP contribution is 2.25. The van der Waals surface area contributed by atoms with Gasteiger partial charge in [-0.3, -0.25) is 0 Å². The summed E-state index contributed by atoms with van der Waals surface area (Å²) in [5.41, 5.74) is 0.913. The number of halogens is 2. The normalized spacial score (nSPS) is 11.1. The average Bonchev–Trinajstić information content (AvgIpc) is 3.05. The Labute approximate surface area is 149 Å². The van der Waals surface area contributed by atoms with Crippen LogP contribution in [0.25, 0.3) is 33.8 Å². The molecule has 2 heterocycles. The van der Waals surface area contributed by atoms with Gasteiger partial charge in [0, 0.05) is 20.4 Å². The van der Waals surface area contributed by atoms with Gasteiger partial charge in [0.1, 0.15) is 11.1 Å². The molecule has 0 saturated heterocycles. The largest absolute Gasteiger partial charge is 0.422 e. The molecule has 0 aliphatic heterocycles. The average molecular weight is 404 g/mol. The Morgan fingerprint density at radius 2 is 1.83 bits per heavy atom. The fourth-order valence-corrected chi connectivity index (χ4v) is 2.80. The number of nitrogens with zero attached hydrogens (tertiary/aromatic N) is 2. The molecule has 2 aromatic carbocycles. The van der Waals surface area contributed by atoms with Crippen LogP contribution < -0.4 is 5.63 Å². The molecule has 4 aromatic rings. The Hall–Kier alpha value is -2.44. The quantitative estimate of drug-likeness (QED) is 0.444. The van der Waals surface area contributed by atoms with E-state index in [0.717, 1.165) is 15.4 Å². The highest BCUT2D eigenvalue weighted by molar-refractivity contribution is 9.10. The summed E-state index contributed by atoms with van der Waals surface area (Å²) < 4.78 is 11.4. The molecule has 2 aromatic heterocycles. The fraction of sp³-hybridized carbons (Fsp3) is 0. The van der Waals surface area contributed by atoms with E-state index in [0.29, 0.717) is 16.4 Å². The van der Waals surface area contributed by atoms with E-state index in [2.05, 4.69) is 26.1 Å². The maximum absolute atomic E-state index is 12.2. The van der Waals surface area contributed by atoms with Crippen LogP contribution >= 0.6 is 27.5 Å². The van der Waals surface area contributed by atoms with Crippen LogP contribution in [0.3, 0.4) is 0 Å². The van der Waals surface area contributed by atoms with Gasteiger partial charge in [0.2, 0.25) is 5.82 Å². The van der Waals surface area contributed by atoms with E-state index in [1.54, 1.807) is 42.5 Å². The van der Waals surface area contributed by atoms with Crippen molar-refractivity contribution < 1.29 is 8.94 Å². The van der Waals surface area contributed by atoms with Crippen molar-refractivity contribution in [1.82, 2.24) is 10.1 Å². The topological polar surface area (TPSA) is 69.1 Å². The lowest BCUT2D eigenvalue weighted by Gasteiger charge is -1.99. The molecular formula is C17H8BrClN2O3. The predicted octanol–water partition coefficient (Wildman–Crippen LogP) is 4.93. The van der Waals surface area contributed by atoms with Gasteiger partial charge in [-0.1, -0.05) is 32.7 Å². The lowest BCUT2D eigenvalue weighted by Crippen LogP contribution is -2.02. The van der Waals surface area contributed by atoms with Crippen LogP contribution in [0, 0.1) is 0 Å². The van der Waals surface area contributed by atoms with E-state index < -0.39 is 5.63 Å². The SMILES string of the molecule is O=c1oc2ccc(Br)cc2cc1-c1nc(-c2ccc(Cl)cc2)no1. The zero-order valence-corrected chi connectivity index (χ0v) is 14.3. The third kappa shape index (κ3) is 2.74. The van der Waals surface area contributed by atoms with Crippen molar-refractivity contribution in [3.05, 3.63) is 68.4 Å². The van der Waals surface area contributed by atoms with Gasteiger partial charge in [0.05, 0.1) is 0 Å². The molecule has 0 N–H and O–H groups in total. The van der Waals surface area contributed by atoms with Crippen molar-refractivity contribution >= 4 is 38.5 Å². The van der Waals surface area contributed by atoms with Crippen LogP contribution in [-0.4, -0.2) is 10.1 Å². The number of rotatable bonds is 2. The number of hydrogen-bond donors (Lipinski definition) is 0. The van der Waals surface area contributed by atoms with Crippen molar-refractivity contribution in [2.45, 2.75) is 0 Å². The summed E-state index contributed by atoms with van der Waals surface area (Å²) in [7, 11) is 0. The van der Waals surface area contributed by atoms with Crippen molar-refractivity contribution in [1.29, 1.82) is 0 Å². The standard InChI is InChI=1S/C17H8BrClN2O3/c18-11-3-6-14-10(7-11)8-13(17(22)23-14)16-20-15(21-24-16)9-1-4-12(19)5-2-9/h1-8H. The Morgan fingerprint density at radius 1 is 1.04 bits per heavy atom. The molecule has 0 spiro atoms. The van der Waals surface area contributed by atoms with E-state index in [4.69, 9.17) is 20.5 Å². The van der Waals surface area contributed by atoms with Crippen molar-refractivity contribution in [3.8, 4) is 22.8 Å². The van der Waals surface area contributed by atoms with Gasteiger partial charge in [-0.25, -0.2) is 4.79 Å². The minimum atomic E-state index is -0.531. The smallest absolute Gasteiger partial charge is 0.349 e. The summed E-state index contributed by atoms with van der Waals surface area (Å²) in [4.78, 5) is 16.5. The first-order valence-corrected chi connectivity index (χ1v) is 8.11. The Bertz CT molecular complexity index is 1100. The minimum absolute atomic E-state index is 0.107. The number of benzene rings is 2. The van der Waals surface area contributed by atoms with Gasteiger partial charge >= 0.3 is 5.63 Å². The van der Waals surface area contributed by atoms with Crippen LogP contribution in [0.15, 0.2) is 66.7 Å². The summed E-state index contributed by atoms with van der Waals surface area (Å²) >= 11 is 9.26. The molecule has 24 heavy (non-hydrogen) atoms. The first-order valence-electron chi connectivity index (χ1n) is 6.93. The third-order valence-corrected chi connectivity index (χ3v) is 4.20. The highest BCUT2D eigenvalue weighted by Gasteiger charge is 2.16. The molecule has 0 unspecified atom stereocenters. The molecule has 0 atom stereocenters. The Morgan fingerprint density at radius 3 is 2.62 bits per heavy atom. The number of aromatic nitrogens is 2. The number of hydrogen-bond acceptors (Lipinski definition) is 5. The molecule has 0 amide bonds. The minimum Gasteiger partial charge on any atom is -0.422 e. The molecule has 0 bridgehead atoms. The molecule has 0 fully saturated rings. The zero-order valence-electron chi connectivity index (χ0n) is 12.0. The first-order chi connectivity index (χ1) is 11.6. The van der Waals surface area contributed by atoms with Crippen LogP contribution in [0.5, 0.6) is 0 Å². The van der Waals surface area contributed by atoms with Crippen molar-refractivity contribution in [2.75, 3.05) is 0 Å². The van der Waals surface area contributed by atoms with Gasteiger partial charge in [-0.05, 0) is 48.5 Å². The van der Waals surface area contributed by atoms with Gasteiger partial charge in [0.15, 0.2) is 0 Å². The van der Waals surface area contributed by atoms with E-state index in [1.165, 1.54) is 0 Å². The second kappa shape index (κ2) is 5.89. The maximum Gasteiger partial charge on any atom is 0.349 e. The summed E-state index contributed by atoms with van der Waals surface area (Å²) in [6.07, 6.45) is 0. The number of fused-ring (bicyclic) bond motifs is 1. The maximum atomic E-state index is 12.2. The second-order valence-corrected chi connectivity index (χ2v) is 6.41. The van der Waals surface area contributed by atoms with Crippen molar-refractivity contribution in [2.24, 2.45) is 0 Å². The van der Waals surface area contributed by atoms with Crippen LogP contribution in [0.4, 0.5) is 0 Å². The molecule has 118 valence electrons. The molecule has 0 radical (unpaired) electrons. The van der Waals surface area contributed by atoms with Crippen LogP contribution in [-0.2, 0) is 0 Å². The van der Waals surface area contributed by atoms with E-state index in [-0.39, 0.29) is 11.5 Å². The molecular weight excluding hydrogens is 396 g/mol. The van der Waals surface area contributed by atoms with E-state index in [1.807, 2.05) is 6.07 Å². The molecule has 0 saturated carbocycles. The van der Waals surface area contributed by atoms with Gasteiger partial charge < -0.3 is 8.94 Å². The van der Waals surface area contributed by atoms with E-state index in [9.17, 15) is 4.79 Å². The first kappa shape index (κ1) is 15.1. The zero-order chi connectivity index (χ0) is 16.7. The monoisotopic (exact) mass is 402 g/mol. The van der Waals surface area contributed by atoms with Gasteiger partial charge in [0.25, 0.3) is 5.89 Å². The molecule has 0 aliphatic rings. The lowest BCUT2D eigenvalue weighted by atomic mass is 10.2.